The number of halogens is 3. The minimum atomic E-state index is -0.441. The zero-order chi connectivity index (χ0) is 26.6. The third-order valence-corrected chi connectivity index (χ3v) is 8.68. The molecule has 0 radical (unpaired) electrons. The molecule has 2 heterocycles. The molecule has 0 bridgehead atoms. The van der Waals surface area contributed by atoms with Crippen LogP contribution in [-0.4, -0.2) is 46.0 Å². The third-order valence-electron chi connectivity index (χ3n) is 6.76. The average Bonchev–Trinajstić information content (AvgIpc) is 3.33. The summed E-state index contributed by atoms with van der Waals surface area (Å²) in [5, 5.41) is 9.31. The summed E-state index contributed by atoms with van der Waals surface area (Å²) >= 11 is 14.2. The number of nitrogens with two attached hydrogens (primary N) is 1. The van der Waals surface area contributed by atoms with Crippen LogP contribution in [0, 0.1) is 11.7 Å². The van der Waals surface area contributed by atoms with Crippen LogP contribution in [0.5, 0.6) is 0 Å². The lowest BCUT2D eigenvalue weighted by atomic mass is 9.81. The molecule has 37 heavy (non-hydrogen) atoms. The molecular formula is C26H30Cl2FN7S. The van der Waals surface area contributed by atoms with Crippen LogP contribution in [0.1, 0.15) is 37.9 Å². The van der Waals surface area contributed by atoms with E-state index in [1.807, 2.05) is 24.4 Å². The predicted octanol–water partition coefficient (Wildman–Crippen LogP) is 5.88. The van der Waals surface area contributed by atoms with Gasteiger partial charge in [-0.1, -0.05) is 54.9 Å². The van der Waals surface area contributed by atoms with Crippen LogP contribution in [0.4, 0.5) is 4.39 Å². The number of piperidine rings is 1. The number of aromatic nitrogens is 2. The highest BCUT2D eigenvalue weighted by atomic mass is 35.5. The number of hydrogen-bond donors (Lipinski definition) is 2. The van der Waals surface area contributed by atoms with Gasteiger partial charge in [-0.05, 0) is 60.7 Å². The van der Waals surface area contributed by atoms with Crippen LogP contribution in [0.3, 0.4) is 0 Å². The largest absolute Gasteiger partial charge is 0.340 e. The van der Waals surface area contributed by atoms with Crippen molar-refractivity contribution in [2.75, 3.05) is 18.8 Å². The molecule has 1 aliphatic heterocycles. The Labute approximate surface area is 230 Å². The van der Waals surface area contributed by atoms with Gasteiger partial charge in [0.05, 0.1) is 21.9 Å². The summed E-state index contributed by atoms with van der Waals surface area (Å²) in [6.45, 7) is 9.33. The normalized spacial score (nSPS) is 15.2. The molecule has 0 atom stereocenters. The van der Waals surface area contributed by atoms with Crippen LogP contribution < -0.4 is 11.3 Å². The molecule has 3 N–H and O–H groups in total. The van der Waals surface area contributed by atoms with Crippen molar-refractivity contribution in [3.63, 3.8) is 0 Å². The minimum Gasteiger partial charge on any atom is -0.340 e. The van der Waals surface area contributed by atoms with Crippen molar-refractivity contribution in [2.24, 2.45) is 22.0 Å². The summed E-state index contributed by atoms with van der Waals surface area (Å²) in [5.74, 6) is 7.13. The highest BCUT2D eigenvalue weighted by molar-refractivity contribution is 7.99. The summed E-state index contributed by atoms with van der Waals surface area (Å²) in [5.41, 5.74) is 5.14. The molecule has 0 spiro atoms. The summed E-state index contributed by atoms with van der Waals surface area (Å²) in [6, 6.07) is 12.2. The van der Waals surface area contributed by atoms with E-state index in [4.69, 9.17) is 34.0 Å². The van der Waals surface area contributed by atoms with Crippen molar-refractivity contribution >= 4 is 47.6 Å². The number of nitrogens with zero attached hydrogens (tertiary/aromatic N) is 5. The quantitative estimate of drug-likeness (QED) is 0.124. The first kappa shape index (κ1) is 27.3. The maximum Gasteiger partial charge on any atom is 0.236 e. The average molecular weight is 563 g/mol. The topological polar surface area (TPSA) is 83.8 Å². The van der Waals surface area contributed by atoms with Crippen molar-refractivity contribution in [1.29, 1.82) is 0 Å². The van der Waals surface area contributed by atoms with Gasteiger partial charge in [0.15, 0.2) is 5.16 Å². The number of benzene rings is 2. The first-order valence-corrected chi connectivity index (χ1v) is 13.7. The molecule has 0 saturated carbocycles. The minimum absolute atomic E-state index is 0.281. The van der Waals surface area contributed by atoms with Gasteiger partial charge in [0.2, 0.25) is 5.96 Å². The Bertz CT molecular complexity index is 1270. The zero-order valence-electron chi connectivity index (χ0n) is 20.8. The van der Waals surface area contributed by atoms with Crippen molar-refractivity contribution in [2.45, 2.75) is 37.3 Å². The van der Waals surface area contributed by atoms with Crippen LogP contribution in [0.15, 0.2) is 64.0 Å². The number of hydrogen-bond acceptors (Lipinski definition) is 5. The Hall–Kier alpha value is -2.75. The molecule has 4 rings (SSSR count). The SMILES string of the molecule is C=NNC(=NN)N1CCC(CSc2ncc(C(C)(C)c3ccc(Cl)c(Cl)c3)n2-c2ccc(F)cc2)CC1. The first-order valence-electron chi connectivity index (χ1n) is 11.9. The first-order chi connectivity index (χ1) is 17.7. The van der Waals surface area contributed by atoms with Crippen LogP contribution in [-0.2, 0) is 5.41 Å². The molecule has 11 heteroatoms. The van der Waals surface area contributed by atoms with E-state index in [1.165, 1.54) is 12.1 Å². The van der Waals surface area contributed by atoms with Gasteiger partial charge in [0.25, 0.3) is 0 Å². The van der Waals surface area contributed by atoms with Gasteiger partial charge in [-0.3, -0.25) is 4.57 Å². The molecular weight excluding hydrogens is 532 g/mol. The number of guanidine groups is 1. The van der Waals surface area contributed by atoms with E-state index >= 15 is 0 Å². The van der Waals surface area contributed by atoms with Gasteiger partial charge in [-0.2, -0.15) is 5.10 Å². The lowest BCUT2D eigenvalue weighted by molar-refractivity contribution is 0.276. The van der Waals surface area contributed by atoms with Gasteiger partial charge >= 0.3 is 0 Å². The van der Waals surface area contributed by atoms with E-state index < -0.39 is 5.41 Å². The standard InChI is InChI=1S/C26H30Cl2FN7S/c1-26(2,18-4-9-21(27)22(28)14-18)23-15-32-25(36(23)20-7-5-19(29)6-8-20)37-16-17-10-12-35(13-11-17)24(33-30)34-31-3/h4-9,14-15,17H,3,10-13,16,30H2,1-2H3,(H,33,34). The Morgan fingerprint density at radius 1 is 1.19 bits per heavy atom. The fourth-order valence-corrected chi connectivity index (χ4v) is 5.98. The summed E-state index contributed by atoms with van der Waals surface area (Å²) < 4.78 is 15.9. The monoisotopic (exact) mass is 561 g/mol. The fourth-order valence-electron chi connectivity index (χ4n) is 4.51. The Balaban J connectivity index is 1.58. The molecule has 0 amide bonds. The van der Waals surface area contributed by atoms with E-state index in [9.17, 15) is 4.39 Å². The number of rotatable bonds is 7. The molecule has 196 valence electrons. The molecule has 2 aromatic carbocycles. The third kappa shape index (κ3) is 6.05. The summed E-state index contributed by atoms with van der Waals surface area (Å²) in [4.78, 5) is 6.89. The van der Waals surface area contributed by atoms with Gasteiger partial charge < -0.3 is 10.7 Å². The lowest BCUT2D eigenvalue weighted by Gasteiger charge is -2.33. The Morgan fingerprint density at radius 3 is 2.51 bits per heavy atom. The molecule has 3 aromatic rings. The molecule has 1 aromatic heterocycles. The van der Waals surface area contributed by atoms with Crippen LogP contribution in [0.25, 0.3) is 5.69 Å². The summed E-state index contributed by atoms with van der Waals surface area (Å²) in [7, 11) is 0. The van der Waals surface area contributed by atoms with E-state index in [0.29, 0.717) is 21.9 Å². The smallest absolute Gasteiger partial charge is 0.236 e. The van der Waals surface area contributed by atoms with Gasteiger partial charge in [-0.15, -0.1) is 5.10 Å². The van der Waals surface area contributed by atoms with Crippen molar-refractivity contribution < 1.29 is 4.39 Å². The second-order valence-corrected chi connectivity index (χ2v) is 11.3. The van der Waals surface area contributed by atoms with Crippen LogP contribution >= 0.6 is 35.0 Å². The Kier molecular flexibility index (Phi) is 8.67. The van der Waals surface area contributed by atoms with Crippen molar-refractivity contribution in [1.82, 2.24) is 19.9 Å². The number of hydrazone groups is 2. The number of likely N-dealkylation sites (tertiary alicyclic amines) is 1. The van der Waals surface area contributed by atoms with Crippen molar-refractivity contribution in [3.8, 4) is 5.69 Å². The zero-order valence-corrected chi connectivity index (χ0v) is 23.1. The van der Waals surface area contributed by atoms with E-state index in [-0.39, 0.29) is 5.82 Å². The predicted molar refractivity (Wildman–Crippen MR) is 151 cm³/mol. The van der Waals surface area contributed by atoms with E-state index in [1.54, 1.807) is 23.9 Å². The van der Waals surface area contributed by atoms with Gasteiger partial charge in [-0.25, -0.2) is 14.8 Å². The van der Waals surface area contributed by atoms with Gasteiger partial charge in [0.1, 0.15) is 5.82 Å². The highest BCUT2D eigenvalue weighted by Crippen LogP contribution is 2.38. The Morgan fingerprint density at radius 2 is 1.89 bits per heavy atom. The fraction of sp³-hybridized carbons (Fsp3) is 0.346. The maximum absolute atomic E-state index is 13.8. The highest BCUT2D eigenvalue weighted by Gasteiger charge is 2.30. The number of nitrogens with one attached hydrogen (secondary N) is 1. The number of thioether (sulfide) groups is 1. The number of imidazole rings is 1. The molecule has 1 saturated heterocycles. The lowest BCUT2D eigenvalue weighted by Crippen LogP contribution is -2.44. The van der Waals surface area contributed by atoms with Crippen molar-refractivity contribution in [3.05, 3.63) is 75.8 Å². The molecule has 1 aliphatic rings. The summed E-state index contributed by atoms with van der Waals surface area (Å²) in [6.07, 6.45) is 3.88. The molecule has 0 unspecified atom stereocenters. The van der Waals surface area contributed by atoms with Gasteiger partial charge in [0, 0.05) is 36.7 Å². The molecule has 0 aliphatic carbocycles. The maximum atomic E-state index is 13.8. The second-order valence-electron chi connectivity index (χ2n) is 9.46. The van der Waals surface area contributed by atoms with E-state index in [2.05, 4.69) is 45.7 Å². The van der Waals surface area contributed by atoms with E-state index in [0.717, 1.165) is 53.8 Å². The molecule has 1 fully saturated rings. The van der Waals surface area contributed by atoms with Crippen LogP contribution in [0.2, 0.25) is 10.0 Å². The molecule has 7 nitrogen and oxygen atoms in total. The second kappa shape index (κ2) is 11.8.